The van der Waals surface area contributed by atoms with Crippen molar-refractivity contribution in [2.24, 2.45) is 0 Å². The summed E-state index contributed by atoms with van der Waals surface area (Å²) in [5.74, 6) is 0.167. The number of likely N-dealkylation sites (tertiary alicyclic amines) is 1. The van der Waals surface area contributed by atoms with Crippen molar-refractivity contribution in [1.82, 2.24) is 15.2 Å². The van der Waals surface area contributed by atoms with Crippen LogP contribution in [0.25, 0.3) is 10.2 Å². The fourth-order valence-corrected chi connectivity index (χ4v) is 4.54. The molecule has 1 fully saturated rings. The first-order chi connectivity index (χ1) is 13.2. The van der Waals surface area contributed by atoms with Gasteiger partial charge in [-0.05, 0) is 37.1 Å². The van der Waals surface area contributed by atoms with E-state index in [4.69, 9.17) is 4.98 Å². The molecular weight excluding hydrogens is 358 g/mol. The van der Waals surface area contributed by atoms with E-state index in [1.165, 1.54) is 9.71 Å². The molecule has 0 aliphatic carbocycles. The summed E-state index contributed by atoms with van der Waals surface area (Å²) in [7, 11) is 0. The number of para-hydroxylation sites is 1. The molecule has 138 valence electrons. The lowest BCUT2D eigenvalue weighted by molar-refractivity contribution is -0.131. The molecule has 0 unspecified atom stereocenters. The second kappa shape index (κ2) is 7.88. The average molecular weight is 379 g/mol. The first-order valence-electron chi connectivity index (χ1n) is 9.17. The maximum atomic E-state index is 12.4. The molecule has 3 aromatic rings. The number of nitrogens with one attached hydrogen (secondary N) is 1. The van der Waals surface area contributed by atoms with Gasteiger partial charge < -0.3 is 10.2 Å². The van der Waals surface area contributed by atoms with E-state index >= 15 is 0 Å². The molecule has 1 aliphatic heterocycles. The van der Waals surface area contributed by atoms with Gasteiger partial charge in [-0.25, -0.2) is 4.98 Å². The minimum atomic E-state index is -0.215. The predicted molar refractivity (Wildman–Crippen MR) is 107 cm³/mol. The minimum absolute atomic E-state index is 0.0259. The molecule has 0 bridgehead atoms. The lowest BCUT2D eigenvalue weighted by Crippen LogP contribution is -2.43. The van der Waals surface area contributed by atoms with E-state index in [-0.39, 0.29) is 18.4 Å². The molecular formula is C21H21N3O2S. The summed E-state index contributed by atoms with van der Waals surface area (Å²) >= 11 is 1.75. The summed E-state index contributed by atoms with van der Waals surface area (Å²) in [6.45, 7) is 1.46. The van der Waals surface area contributed by atoms with Gasteiger partial charge in [0.2, 0.25) is 5.91 Å². The molecule has 2 amide bonds. The number of hydrogen-bond donors (Lipinski definition) is 1. The van der Waals surface area contributed by atoms with Crippen molar-refractivity contribution in [3.05, 3.63) is 65.2 Å². The molecule has 2 aromatic carbocycles. The molecule has 1 aliphatic rings. The van der Waals surface area contributed by atoms with Crippen molar-refractivity contribution in [3.63, 3.8) is 0 Å². The van der Waals surface area contributed by atoms with Crippen LogP contribution in [0.5, 0.6) is 0 Å². The van der Waals surface area contributed by atoms with Gasteiger partial charge in [0.15, 0.2) is 0 Å². The van der Waals surface area contributed by atoms with E-state index in [1.54, 1.807) is 23.5 Å². The second-order valence-electron chi connectivity index (χ2n) is 6.72. The Kier molecular flexibility index (Phi) is 5.16. The van der Waals surface area contributed by atoms with Gasteiger partial charge >= 0.3 is 0 Å². The van der Waals surface area contributed by atoms with Crippen LogP contribution >= 0.6 is 11.3 Å². The van der Waals surface area contributed by atoms with Gasteiger partial charge in [-0.15, -0.1) is 11.3 Å². The smallest absolute Gasteiger partial charge is 0.251 e. The van der Waals surface area contributed by atoms with Crippen LogP contribution in [0.2, 0.25) is 0 Å². The number of fused-ring (bicyclic) bond motifs is 1. The molecule has 2 heterocycles. The van der Waals surface area contributed by atoms with Crippen LogP contribution in [-0.2, 0) is 4.79 Å². The summed E-state index contributed by atoms with van der Waals surface area (Å²) in [5, 5.41) is 3.88. The number of aromatic nitrogens is 1. The number of carbonyl (C=O) groups is 2. The van der Waals surface area contributed by atoms with Gasteiger partial charge in [0.05, 0.1) is 21.8 Å². The number of nitrogens with zero attached hydrogens (tertiary/aromatic N) is 2. The van der Waals surface area contributed by atoms with E-state index in [9.17, 15) is 9.59 Å². The molecule has 27 heavy (non-hydrogen) atoms. The standard InChI is InChI=1S/C21H21N3O2S/c25-19(14-22-20(26)15-6-2-1-3-7-15)24-12-10-16(11-13-24)21-23-17-8-4-5-9-18(17)27-21/h1-9,16H,10-14H2,(H,22,26). The average Bonchev–Trinajstić information content (AvgIpc) is 3.17. The zero-order valence-electron chi connectivity index (χ0n) is 14.9. The largest absolute Gasteiger partial charge is 0.343 e. The monoisotopic (exact) mass is 379 g/mol. The van der Waals surface area contributed by atoms with E-state index in [1.807, 2.05) is 41.3 Å². The first kappa shape index (κ1) is 17.7. The highest BCUT2D eigenvalue weighted by Crippen LogP contribution is 2.33. The van der Waals surface area contributed by atoms with Gasteiger partial charge in [-0.2, -0.15) is 0 Å². The number of carbonyl (C=O) groups excluding carboxylic acids is 2. The fraction of sp³-hybridized carbons (Fsp3) is 0.286. The van der Waals surface area contributed by atoms with Crippen molar-refractivity contribution >= 4 is 33.4 Å². The Balaban J connectivity index is 1.29. The van der Waals surface area contributed by atoms with Crippen LogP contribution in [-0.4, -0.2) is 41.3 Å². The van der Waals surface area contributed by atoms with Gasteiger partial charge in [0.1, 0.15) is 0 Å². The van der Waals surface area contributed by atoms with E-state index in [0.717, 1.165) is 18.4 Å². The van der Waals surface area contributed by atoms with Crippen LogP contribution < -0.4 is 5.32 Å². The summed E-state index contributed by atoms with van der Waals surface area (Å²) < 4.78 is 1.22. The molecule has 0 radical (unpaired) electrons. The normalized spacial score (nSPS) is 15.0. The van der Waals surface area contributed by atoms with Crippen LogP contribution in [0.3, 0.4) is 0 Å². The maximum absolute atomic E-state index is 12.4. The quantitative estimate of drug-likeness (QED) is 0.755. The third kappa shape index (κ3) is 4.01. The van der Waals surface area contributed by atoms with Crippen molar-refractivity contribution in [2.45, 2.75) is 18.8 Å². The summed E-state index contributed by atoms with van der Waals surface area (Å²) in [5.41, 5.74) is 1.62. The highest BCUT2D eigenvalue weighted by Gasteiger charge is 2.26. The Labute approximate surface area is 162 Å². The molecule has 1 N–H and O–H groups in total. The topological polar surface area (TPSA) is 62.3 Å². The van der Waals surface area contributed by atoms with Gasteiger partial charge in [0, 0.05) is 24.6 Å². The third-order valence-electron chi connectivity index (χ3n) is 4.94. The van der Waals surface area contributed by atoms with E-state index in [2.05, 4.69) is 11.4 Å². The van der Waals surface area contributed by atoms with Crippen LogP contribution in [0.4, 0.5) is 0 Å². The highest BCUT2D eigenvalue weighted by atomic mass is 32.1. The van der Waals surface area contributed by atoms with Crippen molar-refractivity contribution in [1.29, 1.82) is 0 Å². The Hall–Kier alpha value is -2.73. The Bertz CT molecular complexity index is 913. The van der Waals surface area contributed by atoms with Crippen LogP contribution in [0.1, 0.15) is 34.1 Å². The van der Waals surface area contributed by atoms with E-state index < -0.39 is 0 Å². The Morgan fingerprint density at radius 1 is 1.04 bits per heavy atom. The predicted octanol–water partition coefficient (Wildman–Crippen LogP) is 3.43. The number of piperidine rings is 1. The molecule has 0 spiro atoms. The molecule has 1 saturated heterocycles. The number of amides is 2. The lowest BCUT2D eigenvalue weighted by atomic mass is 9.97. The minimum Gasteiger partial charge on any atom is -0.343 e. The fourth-order valence-electron chi connectivity index (χ4n) is 3.40. The maximum Gasteiger partial charge on any atom is 0.251 e. The zero-order chi connectivity index (χ0) is 18.6. The van der Waals surface area contributed by atoms with Gasteiger partial charge in [0.25, 0.3) is 5.91 Å². The summed E-state index contributed by atoms with van der Waals surface area (Å²) in [6, 6.07) is 17.2. The van der Waals surface area contributed by atoms with Crippen molar-refractivity contribution < 1.29 is 9.59 Å². The van der Waals surface area contributed by atoms with Crippen molar-refractivity contribution in [2.75, 3.05) is 19.6 Å². The summed E-state index contributed by atoms with van der Waals surface area (Å²) in [4.78, 5) is 31.1. The molecule has 4 rings (SSSR count). The van der Waals surface area contributed by atoms with Crippen LogP contribution in [0, 0.1) is 0 Å². The highest BCUT2D eigenvalue weighted by molar-refractivity contribution is 7.18. The number of rotatable bonds is 4. The third-order valence-corrected chi connectivity index (χ3v) is 6.14. The molecule has 0 saturated carbocycles. The SMILES string of the molecule is O=C(NCC(=O)N1CCC(c2nc3ccccc3s2)CC1)c1ccccc1. The second-order valence-corrected chi connectivity index (χ2v) is 7.79. The molecule has 1 aromatic heterocycles. The van der Waals surface area contributed by atoms with Crippen LogP contribution in [0.15, 0.2) is 54.6 Å². The molecule has 6 heteroatoms. The van der Waals surface area contributed by atoms with Gasteiger partial charge in [-0.1, -0.05) is 30.3 Å². The Morgan fingerprint density at radius 3 is 2.48 bits per heavy atom. The number of benzene rings is 2. The zero-order valence-corrected chi connectivity index (χ0v) is 15.7. The number of hydrogen-bond acceptors (Lipinski definition) is 4. The van der Waals surface area contributed by atoms with E-state index in [0.29, 0.717) is 24.6 Å². The first-order valence-corrected chi connectivity index (χ1v) is 9.99. The lowest BCUT2D eigenvalue weighted by Gasteiger charge is -2.31. The summed E-state index contributed by atoms with van der Waals surface area (Å²) in [6.07, 6.45) is 1.83. The number of thiazole rings is 1. The van der Waals surface area contributed by atoms with Gasteiger partial charge in [-0.3, -0.25) is 9.59 Å². The Morgan fingerprint density at radius 2 is 1.74 bits per heavy atom. The molecule has 0 atom stereocenters. The molecule has 5 nitrogen and oxygen atoms in total. The van der Waals surface area contributed by atoms with Crippen molar-refractivity contribution in [3.8, 4) is 0 Å².